The fourth-order valence-corrected chi connectivity index (χ4v) is 2.31. The third kappa shape index (κ3) is 5.10. The maximum absolute atomic E-state index is 12.2. The van der Waals surface area contributed by atoms with Gasteiger partial charge in [0.2, 0.25) is 11.7 Å². The van der Waals surface area contributed by atoms with Gasteiger partial charge >= 0.3 is 5.69 Å². The molecule has 1 N–H and O–H groups in total. The molecule has 148 valence electrons. The lowest BCUT2D eigenvalue weighted by atomic mass is 10.2. The molecule has 10 heteroatoms. The lowest BCUT2D eigenvalue weighted by Gasteiger charge is -2.13. The van der Waals surface area contributed by atoms with Crippen LogP contribution in [0.5, 0.6) is 17.2 Å². The van der Waals surface area contributed by atoms with Gasteiger partial charge in [-0.05, 0) is 30.3 Å². The zero-order chi connectivity index (χ0) is 20.8. The van der Waals surface area contributed by atoms with E-state index in [2.05, 4.69) is 5.32 Å². The number of amides is 2. The van der Waals surface area contributed by atoms with Gasteiger partial charge in [-0.3, -0.25) is 19.7 Å². The average molecular weight is 408 g/mol. The first-order chi connectivity index (χ1) is 13.2. The molecule has 0 aliphatic heterocycles. The minimum Gasteiger partial charge on any atom is -0.493 e. The van der Waals surface area contributed by atoms with Crippen molar-refractivity contribution >= 4 is 29.1 Å². The maximum Gasteiger partial charge on any atom is 0.313 e. The summed E-state index contributed by atoms with van der Waals surface area (Å²) in [4.78, 5) is 35.7. The molecule has 2 aromatic carbocycles. The summed E-state index contributed by atoms with van der Waals surface area (Å²) in [6, 6.07) is 8.31. The molecule has 0 radical (unpaired) electrons. The Labute approximate surface area is 165 Å². The Bertz CT molecular complexity index is 916. The number of rotatable bonds is 7. The number of ether oxygens (including phenoxy) is 2. The van der Waals surface area contributed by atoms with Crippen molar-refractivity contribution in [1.82, 2.24) is 10.2 Å². The van der Waals surface area contributed by atoms with Crippen molar-refractivity contribution in [3.63, 3.8) is 0 Å². The summed E-state index contributed by atoms with van der Waals surface area (Å²) >= 11 is 5.79. The zero-order valence-corrected chi connectivity index (χ0v) is 16.1. The van der Waals surface area contributed by atoms with E-state index in [0.717, 1.165) is 0 Å². The number of nitro groups is 1. The summed E-state index contributed by atoms with van der Waals surface area (Å²) in [6.07, 6.45) is 0. The lowest BCUT2D eigenvalue weighted by molar-refractivity contribution is -0.385. The molecule has 0 aliphatic carbocycles. The molecule has 0 aromatic heterocycles. The SMILES string of the molecule is COc1cc(C(=O)NCC(=O)N(C)C)ccc1Oc1ccc(Cl)cc1[N+](=O)[O-]. The van der Waals surface area contributed by atoms with Crippen LogP contribution < -0.4 is 14.8 Å². The Morgan fingerprint density at radius 1 is 1.14 bits per heavy atom. The van der Waals surface area contributed by atoms with Crippen molar-refractivity contribution in [2.24, 2.45) is 0 Å². The molecule has 0 saturated heterocycles. The predicted molar refractivity (Wildman–Crippen MR) is 102 cm³/mol. The number of hydrogen-bond donors (Lipinski definition) is 1. The normalized spacial score (nSPS) is 10.1. The van der Waals surface area contributed by atoms with E-state index in [1.165, 1.54) is 48.4 Å². The topological polar surface area (TPSA) is 111 Å². The van der Waals surface area contributed by atoms with E-state index in [1.807, 2.05) is 0 Å². The first-order valence-electron chi connectivity index (χ1n) is 8.01. The second-order valence-corrected chi connectivity index (χ2v) is 6.24. The van der Waals surface area contributed by atoms with Crippen LogP contribution in [0.2, 0.25) is 5.02 Å². The number of hydrogen-bond acceptors (Lipinski definition) is 6. The van der Waals surface area contributed by atoms with Gasteiger partial charge in [-0.15, -0.1) is 0 Å². The fraction of sp³-hybridized carbons (Fsp3) is 0.222. The number of halogens is 1. The van der Waals surface area contributed by atoms with Gasteiger partial charge in [-0.25, -0.2) is 0 Å². The standard InChI is InChI=1S/C18H18ClN3O6/c1-21(2)17(23)10-20-18(24)11-4-6-15(16(8-11)27-3)28-14-7-5-12(19)9-13(14)22(25)26/h4-9H,10H2,1-3H3,(H,20,24). The molecule has 0 bridgehead atoms. The molecule has 2 amide bonds. The van der Waals surface area contributed by atoms with Crippen molar-refractivity contribution in [2.45, 2.75) is 0 Å². The maximum atomic E-state index is 12.2. The predicted octanol–water partition coefficient (Wildman–Crippen LogP) is 2.87. The number of carbonyl (C=O) groups excluding carboxylic acids is 2. The summed E-state index contributed by atoms with van der Waals surface area (Å²) in [7, 11) is 4.54. The van der Waals surface area contributed by atoms with Gasteiger partial charge in [0.05, 0.1) is 18.6 Å². The molecule has 0 aliphatic rings. The molecule has 0 fully saturated rings. The van der Waals surface area contributed by atoms with Crippen LogP contribution in [-0.4, -0.2) is 49.4 Å². The molecule has 0 saturated carbocycles. The number of nitro benzene ring substituents is 1. The molecule has 2 aromatic rings. The quantitative estimate of drug-likeness (QED) is 0.558. The molecule has 2 rings (SSSR count). The van der Waals surface area contributed by atoms with Crippen molar-refractivity contribution in [1.29, 1.82) is 0 Å². The first kappa shape index (κ1) is 21.0. The molecule has 0 unspecified atom stereocenters. The van der Waals surface area contributed by atoms with E-state index in [0.29, 0.717) is 0 Å². The highest BCUT2D eigenvalue weighted by atomic mass is 35.5. The van der Waals surface area contributed by atoms with Crippen LogP contribution in [-0.2, 0) is 4.79 Å². The van der Waals surface area contributed by atoms with Crippen molar-refractivity contribution < 1.29 is 24.0 Å². The van der Waals surface area contributed by atoms with E-state index in [9.17, 15) is 19.7 Å². The van der Waals surface area contributed by atoms with E-state index >= 15 is 0 Å². The second-order valence-electron chi connectivity index (χ2n) is 5.81. The highest BCUT2D eigenvalue weighted by molar-refractivity contribution is 6.30. The first-order valence-corrected chi connectivity index (χ1v) is 8.39. The Morgan fingerprint density at radius 2 is 1.82 bits per heavy atom. The van der Waals surface area contributed by atoms with E-state index in [4.69, 9.17) is 21.1 Å². The van der Waals surface area contributed by atoms with Gasteiger partial charge in [0, 0.05) is 30.7 Å². The molecule has 0 spiro atoms. The second kappa shape index (κ2) is 9.05. The smallest absolute Gasteiger partial charge is 0.313 e. The summed E-state index contributed by atoms with van der Waals surface area (Å²) in [5, 5.41) is 13.9. The number of likely N-dealkylation sites (N-methyl/N-ethyl adjacent to an activating group) is 1. The van der Waals surface area contributed by atoms with Crippen LogP contribution in [0.4, 0.5) is 5.69 Å². The van der Waals surface area contributed by atoms with Crippen LogP contribution >= 0.6 is 11.6 Å². The highest BCUT2D eigenvalue weighted by Gasteiger charge is 2.19. The van der Waals surface area contributed by atoms with Crippen LogP contribution in [0.25, 0.3) is 0 Å². The van der Waals surface area contributed by atoms with Crippen LogP contribution in [0, 0.1) is 10.1 Å². The number of nitrogens with zero attached hydrogens (tertiary/aromatic N) is 2. The summed E-state index contributed by atoms with van der Waals surface area (Å²) in [5.41, 5.74) is -0.0695. The number of benzene rings is 2. The molecular formula is C18H18ClN3O6. The molecule has 0 atom stereocenters. The Morgan fingerprint density at radius 3 is 2.43 bits per heavy atom. The number of nitrogens with one attached hydrogen (secondary N) is 1. The van der Waals surface area contributed by atoms with Gasteiger partial charge in [0.25, 0.3) is 5.91 Å². The van der Waals surface area contributed by atoms with Crippen molar-refractivity contribution in [2.75, 3.05) is 27.7 Å². The summed E-state index contributed by atoms with van der Waals surface area (Å²) in [6.45, 7) is -0.149. The average Bonchev–Trinajstić information content (AvgIpc) is 2.67. The van der Waals surface area contributed by atoms with Crippen LogP contribution in [0.3, 0.4) is 0 Å². The summed E-state index contributed by atoms with van der Waals surface area (Å²) in [5.74, 6) is -0.390. The highest BCUT2D eigenvalue weighted by Crippen LogP contribution is 2.37. The third-order valence-corrected chi connectivity index (χ3v) is 3.90. The van der Waals surface area contributed by atoms with Gasteiger partial charge in [-0.1, -0.05) is 11.6 Å². The van der Waals surface area contributed by atoms with Crippen LogP contribution in [0.1, 0.15) is 10.4 Å². The third-order valence-electron chi connectivity index (χ3n) is 3.66. The van der Waals surface area contributed by atoms with E-state index < -0.39 is 10.8 Å². The summed E-state index contributed by atoms with van der Waals surface area (Å²) < 4.78 is 10.8. The minimum absolute atomic E-state index is 0.0264. The Kier molecular flexibility index (Phi) is 6.78. The molecule has 9 nitrogen and oxygen atoms in total. The van der Waals surface area contributed by atoms with Gasteiger partial charge in [0.15, 0.2) is 11.5 Å². The van der Waals surface area contributed by atoms with E-state index in [1.54, 1.807) is 14.1 Å². The van der Waals surface area contributed by atoms with E-state index in [-0.39, 0.29) is 46.0 Å². The van der Waals surface area contributed by atoms with Crippen molar-refractivity contribution in [3.05, 3.63) is 57.1 Å². The van der Waals surface area contributed by atoms with Gasteiger partial charge in [0.1, 0.15) is 0 Å². The molecular weight excluding hydrogens is 390 g/mol. The largest absolute Gasteiger partial charge is 0.493 e. The zero-order valence-electron chi connectivity index (χ0n) is 15.4. The van der Waals surface area contributed by atoms with Gasteiger partial charge < -0.3 is 19.7 Å². The monoisotopic (exact) mass is 407 g/mol. The molecule has 28 heavy (non-hydrogen) atoms. The van der Waals surface area contributed by atoms with Crippen molar-refractivity contribution in [3.8, 4) is 17.2 Å². The van der Waals surface area contributed by atoms with Crippen LogP contribution in [0.15, 0.2) is 36.4 Å². The Balaban J connectivity index is 2.23. The molecule has 0 heterocycles. The minimum atomic E-state index is -0.614. The lowest BCUT2D eigenvalue weighted by Crippen LogP contribution is -2.36. The van der Waals surface area contributed by atoms with Gasteiger partial charge in [-0.2, -0.15) is 0 Å². The fourth-order valence-electron chi connectivity index (χ4n) is 2.15. The Hall–Kier alpha value is -3.33. The number of methoxy groups -OCH3 is 1. The number of carbonyl (C=O) groups is 2.